The van der Waals surface area contributed by atoms with E-state index in [0.29, 0.717) is 18.8 Å². The van der Waals surface area contributed by atoms with E-state index >= 15 is 0 Å². The summed E-state index contributed by atoms with van der Waals surface area (Å²) in [6.07, 6.45) is 0.558. The molecule has 0 radical (unpaired) electrons. The molecule has 0 aliphatic heterocycles. The molecule has 0 bridgehead atoms. The standard InChI is InChI=1S/C5H11NO3S/c1-5(7)9-3-2-4-10(6)8/h2-4,6H2,1H3. The number of carbonyl (C=O) groups is 1. The average molecular weight is 165 g/mol. The van der Waals surface area contributed by atoms with Gasteiger partial charge in [-0.25, -0.2) is 4.21 Å². The van der Waals surface area contributed by atoms with E-state index in [4.69, 9.17) is 5.14 Å². The van der Waals surface area contributed by atoms with Crippen molar-refractivity contribution in [2.45, 2.75) is 13.3 Å². The fourth-order valence-corrected chi connectivity index (χ4v) is 0.819. The molecule has 0 saturated carbocycles. The number of ether oxygens (including phenoxy) is 1. The van der Waals surface area contributed by atoms with Crippen LogP contribution in [0.2, 0.25) is 0 Å². The van der Waals surface area contributed by atoms with E-state index in [2.05, 4.69) is 4.74 Å². The van der Waals surface area contributed by atoms with Crippen molar-refractivity contribution < 1.29 is 13.7 Å². The van der Waals surface area contributed by atoms with Crippen LogP contribution in [0.4, 0.5) is 0 Å². The SMILES string of the molecule is CC(=O)OCCCS(N)=O. The molecule has 2 N–H and O–H groups in total. The average Bonchev–Trinajstić information content (AvgIpc) is 1.79. The third-order valence-corrected chi connectivity index (χ3v) is 1.49. The zero-order chi connectivity index (χ0) is 7.98. The van der Waals surface area contributed by atoms with E-state index in [1.165, 1.54) is 6.92 Å². The summed E-state index contributed by atoms with van der Waals surface area (Å²) in [6, 6.07) is 0. The van der Waals surface area contributed by atoms with Crippen LogP contribution < -0.4 is 5.14 Å². The Labute approximate surface area is 62.3 Å². The van der Waals surface area contributed by atoms with E-state index in [1.807, 2.05) is 0 Å². The lowest BCUT2D eigenvalue weighted by molar-refractivity contribution is -0.140. The van der Waals surface area contributed by atoms with Gasteiger partial charge in [0.1, 0.15) is 0 Å². The second kappa shape index (κ2) is 5.37. The predicted octanol–water partition coefficient (Wildman–Crippen LogP) is -0.438. The summed E-state index contributed by atoms with van der Waals surface area (Å²) >= 11 is 0. The van der Waals surface area contributed by atoms with Crippen LogP contribution in [0.25, 0.3) is 0 Å². The van der Waals surface area contributed by atoms with Gasteiger partial charge in [0, 0.05) is 12.7 Å². The first-order valence-electron chi connectivity index (χ1n) is 2.89. The van der Waals surface area contributed by atoms with Crippen molar-refractivity contribution in [2.24, 2.45) is 5.14 Å². The number of nitrogens with two attached hydrogens (primary N) is 1. The van der Waals surface area contributed by atoms with Gasteiger partial charge < -0.3 is 4.74 Å². The highest BCUT2D eigenvalue weighted by molar-refractivity contribution is 7.82. The van der Waals surface area contributed by atoms with Crippen LogP contribution in [0.1, 0.15) is 13.3 Å². The van der Waals surface area contributed by atoms with Crippen molar-refractivity contribution in [3.63, 3.8) is 0 Å². The minimum absolute atomic E-state index is 0.304. The van der Waals surface area contributed by atoms with Crippen LogP contribution in [0.5, 0.6) is 0 Å². The van der Waals surface area contributed by atoms with Crippen molar-refractivity contribution in [1.82, 2.24) is 0 Å². The quantitative estimate of drug-likeness (QED) is 0.453. The number of esters is 1. The molecule has 1 atom stereocenters. The van der Waals surface area contributed by atoms with Gasteiger partial charge >= 0.3 is 5.97 Å². The number of hydrogen-bond acceptors (Lipinski definition) is 3. The minimum Gasteiger partial charge on any atom is -0.466 e. The van der Waals surface area contributed by atoms with Gasteiger partial charge in [-0.05, 0) is 6.42 Å². The largest absolute Gasteiger partial charge is 0.466 e. The van der Waals surface area contributed by atoms with Gasteiger partial charge in [-0.1, -0.05) is 0 Å². The maximum absolute atomic E-state index is 10.2. The third kappa shape index (κ3) is 7.58. The highest BCUT2D eigenvalue weighted by Crippen LogP contribution is 1.84. The Balaban J connectivity index is 3.06. The normalized spacial score (nSPS) is 12.6. The lowest BCUT2D eigenvalue weighted by atomic mass is 10.5. The van der Waals surface area contributed by atoms with Gasteiger partial charge in [-0.2, -0.15) is 0 Å². The Bertz CT molecular complexity index is 121. The Kier molecular flexibility index (Phi) is 5.15. The highest BCUT2D eigenvalue weighted by atomic mass is 32.2. The summed E-state index contributed by atoms with van der Waals surface area (Å²) < 4.78 is 14.8. The highest BCUT2D eigenvalue weighted by Gasteiger charge is 1.94. The van der Waals surface area contributed by atoms with Gasteiger partial charge in [0.05, 0.1) is 17.6 Å². The van der Waals surface area contributed by atoms with Crippen LogP contribution >= 0.6 is 0 Å². The molecule has 0 aliphatic carbocycles. The summed E-state index contributed by atoms with van der Waals surface area (Å²) in [5.74, 6) is 0.0654. The van der Waals surface area contributed by atoms with E-state index in [-0.39, 0.29) is 5.97 Å². The summed E-state index contributed by atoms with van der Waals surface area (Å²) in [4.78, 5) is 10.2. The molecule has 0 aliphatic rings. The fourth-order valence-electron chi connectivity index (χ4n) is 0.417. The summed E-state index contributed by atoms with van der Waals surface area (Å²) in [7, 11) is -1.27. The molecule has 0 rings (SSSR count). The Morgan fingerprint density at radius 2 is 2.30 bits per heavy atom. The van der Waals surface area contributed by atoms with Crippen molar-refractivity contribution in [3.8, 4) is 0 Å². The molecular formula is C5H11NO3S. The number of rotatable bonds is 4. The molecule has 1 unspecified atom stereocenters. The lowest BCUT2D eigenvalue weighted by Gasteiger charge is -1.98. The van der Waals surface area contributed by atoms with Crippen LogP contribution in [0.15, 0.2) is 0 Å². The minimum atomic E-state index is -1.27. The summed E-state index contributed by atoms with van der Waals surface area (Å²) in [5.41, 5.74) is 0. The summed E-state index contributed by atoms with van der Waals surface area (Å²) in [5, 5.41) is 4.94. The smallest absolute Gasteiger partial charge is 0.302 e. The molecule has 0 aromatic heterocycles. The molecule has 0 aromatic carbocycles. The molecule has 0 amide bonds. The molecule has 0 saturated heterocycles. The van der Waals surface area contributed by atoms with Gasteiger partial charge in [-0.15, -0.1) is 0 Å². The first-order chi connectivity index (χ1) is 4.63. The lowest BCUT2D eigenvalue weighted by Crippen LogP contribution is -2.10. The number of carbonyl (C=O) groups excluding carboxylic acids is 1. The molecule has 4 nitrogen and oxygen atoms in total. The summed E-state index contributed by atoms with van der Waals surface area (Å²) in [6.45, 7) is 1.64. The third-order valence-electron chi connectivity index (χ3n) is 0.795. The monoisotopic (exact) mass is 165 g/mol. The topological polar surface area (TPSA) is 69.4 Å². The molecule has 5 heteroatoms. The first-order valence-corrected chi connectivity index (χ1v) is 4.27. The van der Waals surface area contributed by atoms with Crippen molar-refractivity contribution in [1.29, 1.82) is 0 Å². The van der Waals surface area contributed by atoms with Crippen LogP contribution in [-0.2, 0) is 20.5 Å². The Morgan fingerprint density at radius 3 is 2.70 bits per heavy atom. The van der Waals surface area contributed by atoms with Crippen molar-refractivity contribution >= 4 is 17.0 Å². The van der Waals surface area contributed by atoms with E-state index in [9.17, 15) is 9.00 Å². The molecule has 60 valence electrons. The Hall–Kier alpha value is -0.420. The molecule has 0 spiro atoms. The first kappa shape index (κ1) is 9.58. The zero-order valence-electron chi connectivity index (χ0n) is 5.83. The van der Waals surface area contributed by atoms with Crippen LogP contribution in [-0.4, -0.2) is 22.5 Å². The predicted molar refractivity (Wildman–Crippen MR) is 38.4 cm³/mol. The van der Waals surface area contributed by atoms with Crippen LogP contribution in [0, 0.1) is 0 Å². The maximum Gasteiger partial charge on any atom is 0.302 e. The van der Waals surface area contributed by atoms with Crippen molar-refractivity contribution in [2.75, 3.05) is 12.4 Å². The van der Waals surface area contributed by atoms with Gasteiger partial charge in [0.2, 0.25) is 0 Å². The molecule has 0 aromatic rings. The molecule has 0 heterocycles. The Morgan fingerprint density at radius 1 is 1.70 bits per heavy atom. The maximum atomic E-state index is 10.2. The van der Waals surface area contributed by atoms with Gasteiger partial charge in [0.25, 0.3) is 0 Å². The second-order valence-corrected chi connectivity index (χ2v) is 2.95. The second-order valence-electron chi connectivity index (χ2n) is 1.78. The van der Waals surface area contributed by atoms with Gasteiger partial charge in [-0.3, -0.25) is 9.93 Å². The molecule has 0 fully saturated rings. The van der Waals surface area contributed by atoms with Crippen LogP contribution in [0.3, 0.4) is 0 Å². The van der Waals surface area contributed by atoms with Crippen molar-refractivity contribution in [3.05, 3.63) is 0 Å². The fraction of sp³-hybridized carbons (Fsp3) is 0.800. The molecular weight excluding hydrogens is 154 g/mol. The number of hydrogen-bond donors (Lipinski definition) is 1. The van der Waals surface area contributed by atoms with Gasteiger partial charge in [0.15, 0.2) is 0 Å². The van der Waals surface area contributed by atoms with E-state index in [0.717, 1.165) is 0 Å². The molecule has 10 heavy (non-hydrogen) atoms. The van der Waals surface area contributed by atoms with E-state index < -0.39 is 11.0 Å². The zero-order valence-corrected chi connectivity index (χ0v) is 6.65. The van der Waals surface area contributed by atoms with E-state index in [1.54, 1.807) is 0 Å².